The van der Waals surface area contributed by atoms with Gasteiger partial charge in [-0.3, -0.25) is 4.79 Å². The molecule has 2 rings (SSSR count). The molecule has 0 aliphatic carbocycles. The standard InChI is InChI=1S/C15H15N3O2/c1-2-15(19)18-20-14-11-7-6-10-13(14)17-16-12-8-4-3-5-9-12/h3-11H,2H2,1H3,(H,18,19). The van der Waals surface area contributed by atoms with E-state index in [0.717, 1.165) is 5.69 Å². The number of amides is 1. The summed E-state index contributed by atoms with van der Waals surface area (Å²) in [6.45, 7) is 1.75. The Morgan fingerprint density at radius 1 is 1.05 bits per heavy atom. The molecule has 0 radical (unpaired) electrons. The molecule has 0 spiro atoms. The molecule has 0 atom stereocenters. The Bertz CT molecular complexity index is 597. The van der Waals surface area contributed by atoms with E-state index in [2.05, 4.69) is 15.7 Å². The van der Waals surface area contributed by atoms with E-state index < -0.39 is 0 Å². The van der Waals surface area contributed by atoms with Crippen LogP contribution in [0.4, 0.5) is 11.4 Å². The normalized spacial score (nSPS) is 10.4. The van der Waals surface area contributed by atoms with Crippen LogP contribution in [0.25, 0.3) is 0 Å². The fourth-order valence-electron chi connectivity index (χ4n) is 1.42. The molecular formula is C15H15N3O2. The first-order valence-corrected chi connectivity index (χ1v) is 6.31. The first-order chi connectivity index (χ1) is 9.79. The van der Waals surface area contributed by atoms with Gasteiger partial charge in [-0.15, -0.1) is 5.11 Å². The molecule has 0 aromatic heterocycles. The Labute approximate surface area is 117 Å². The van der Waals surface area contributed by atoms with E-state index >= 15 is 0 Å². The van der Waals surface area contributed by atoms with Crippen molar-refractivity contribution in [3.8, 4) is 5.75 Å². The highest BCUT2D eigenvalue weighted by Crippen LogP contribution is 2.28. The van der Waals surface area contributed by atoms with Crippen LogP contribution in [0.3, 0.4) is 0 Å². The number of azo groups is 1. The summed E-state index contributed by atoms with van der Waals surface area (Å²) in [6, 6.07) is 16.5. The quantitative estimate of drug-likeness (QED) is 0.660. The van der Waals surface area contributed by atoms with E-state index in [1.165, 1.54) is 0 Å². The highest BCUT2D eigenvalue weighted by Gasteiger charge is 2.04. The van der Waals surface area contributed by atoms with E-state index in [0.29, 0.717) is 17.9 Å². The third-order valence-corrected chi connectivity index (χ3v) is 2.49. The topological polar surface area (TPSA) is 63.0 Å². The molecule has 2 aromatic rings. The molecule has 0 saturated heterocycles. The summed E-state index contributed by atoms with van der Waals surface area (Å²) in [7, 11) is 0. The summed E-state index contributed by atoms with van der Waals surface area (Å²) >= 11 is 0. The number of hydrogen-bond acceptors (Lipinski definition) is 4. The number of hydroxylamine groups is 1. The first kappa shape index (κ1) is 13.7. The van der Waals surface area contributed by atoms with Crippen molar-refractivity contribution in [1.82, 2.24) is 5.48 Å². The van der Waals surface area contributed by atoms with Crippen molar-refractivity contribution in [1.29, 1.82) is 0 Å². The number of carbonyl (C=O) groups excluding carboxylic acids is 1. The second-order valence-electron chi connectivity index (χ2n) is 3.98. The summed E-state index contributed by atoms with van der Waals surface area (Å²) in [6.07, 6.45) is 0.355. The van der Waals surface area contributed by atoms with Gasteiger partial charge in [0.25, 0.3) is 5.91 Å². The lowest BCUT2D eigenvalue weighted by Crippen LogP contribution is -2.25. The Hall–Kier alpha value is -2.69. The van der Waals surface area contributed by atoms with Crippen LogP contribution in [-0.4, -0.2) is 5.91 Å². The number of benzene rings is 2. The predicted molar refractivity (Wildman–Crippen MR) is 76.1 cm³/mol. The molecule has 0 fully saturated rings. The van der Waals surface area contributed by atoms with Gasteiger partial charge in [0.2, 0.25) is 0 Å². The molecule has 0 heterocycles. The molecule has 0 unspecified atom stereocenters. The third kappa shape index (κ3) is 3.91. The molecule has 5 nitrogen and oxygen atoms in total. The second-order valence-corrected chi connectivity index (χ2v) is 3.98. The molecule has 5 heteroatoms. The number of nitrogens with one attached hydrogen (secondary N) is 1. The van der Waals surface area contributed by atoms with Crippen LogP contribution in [0.15, 0.2) is 64.8 Å². The van der Waals surface area contributed by atoms with E-state index in [4.69, 9.17) is 4.84 Å². The molecule has 0 aliphatic rings. The Kier molecular flexibility index (Phi) is 4.83. The zero-order valence-electron chi connectivity index (χ0n) is 11.1. The molecule has 20 heavy (non-hydrogen) atoms. The van der Waals surface area contributed by atoms with Gasteiger partial charge in [0.05, 0.1) is 5.69 Å². The van der Waals surface area contributed by atoms with Crippen LogP contribution >= 0.6 is 0 Å². The minimum Gasteiger partial charge on any atom is -0.377 e. The van der Waals surface area contributed by atoms with Crippen molar-refractivity contribution in [2.45, 2.75) is 13.3 Å². The van der Waals surface area contributed by atoms with Gasteiger partial charge in [-0.1, -0.05) is 37.3 Å². The molecule has 1 amide bonds. The van der Waals surface area contributed by atoms with Crippen molar-refractivity contribution >= 4 is 17.3 Å². The van der Waals surface area contributed by atoms with Gasteiger partial charge >= 0.3 is 0 Å². The van der Waals surface area contributed by atoms with Crippen LogP contribution in [-0.2, 0) is 4.79 Å². The van der Waals surface area contributed by atoms with Crippen molar-refractivity contribution in [3.63, 3.8) is 0 Å². The third-order valence-electron chi connectivity index (χ3n) is 2.49. The van der Waals surface area contributed by atoms with Gasteiger partial charge in [0.15, 0.2) is 5.75 Å². The molecule has 0 bridgehead atoms. The lowest BCUT2D eigenvalue weighted by molar-refractivity contribution is -0.127. The SMILES string of the molecule is CCC(=O)NOc1ccccc1N=Nc1ccccc1. The largest absolute Gasteiger partial charge is 0.377 e. The van der Waals surface area contributed by atoms with Crippen molar-refractivity contribution in [2.75, 3.05) is 0 Å². The average Bonchev–Trinajstić information content (AvgIpc) is 2.52. The summed E-state index contributed by atoms with van der Waals surface area (Å²) in [5, 5.41) is 8.25. The number of rotatable bonds is 5. The minimum absolute atomic E-state index is 0.195. The lowest BCUT2D eigenvalue weighted by Gasteiger charge is -2.07. The van der Waals surface area contributed by atoms with Gasteiger partial charge in [0, 0.05) is 6.42 Å². The van der Waals surface area contributed by atoms with E-state index in [1.54, 1.807) is 25.1 Å². The van der Waals surface area contributed by atoms with E-state index in [1.807, 2.05) is 36.4 Å². The van der Waals surface area contributed by atoms with Gasteiger partial charge < -0.3 is 4.84 Å². The molecule has 102 valence electrons. The number of hydrogen-bond donors (Lipinski definition) is 1. The van der Waals surface area contributed by atoms with E-state index in [9.17, 15) is 4.79 Å². The van der Waals surface area contributed by atoms with Gasteiger partial charge in [0.1, 0.15) is 5.69 Å². The zero-order valence-corrected chi connectivity index (χ0v) is 11.1. The Morgan fingerprint density at radius 2 is 1.75 bits per heavy atom. The number of para-hydroxylation sites is 1. The summed E-state index contributed by atoms with van der Waals surface area (Å²) in [5.41, 5.74) is 3.65. The molecule has 2 aromatic carbocycles. The Morgan fingerprint density at radius 3 is 2.50 bits per heavy atom. The van der Waals surface area contributed by atoms with E-state index in [-0.39, 0.29) is 5.91 Å². The molecule has 0 saturated carbocycles. The fourth-order valence-corrected chi connectivity index (χ4v) is 1.42. The minimum atomic E-state index is -0.195. The van der Waals surface area contributed by atoms with Crippen LogP contribution in [0.2, 0.25) is 0 Å². The van der Waals surface area contributed by atoms with Crippen molar-refractivity contribution < 1.29 is 9.63 Å². The maximum atomic E-state index is 11.2. The summed E-state index contributed by atoms with van der Waals surface area (Å²) in [4.78, 5) is 16.4. The number of carbonyl (C=O) groups is 1. The summed E-state index contributed by atoms with van der Waals surface area (Å²) < 4.78 is 0. The fraction of sp³-hybridized carbons (Fsp3) is 0.133. The van der Waals surface area contributed by atoms with Crippen LogP contribution in [0.5, 0.6) is 5.75 Å². The van der Waals surface area contributed by atoms with Crippen molar-refractivity contribution in [2.24, 2.45) is 10.2 Å². The predicted octanol–water partition coefficient (Wildman–Crippen LogP) is 3.92. The average molecular weight is 269 g/mol. The lowest BCUT2D eigenvalue weighted by atomic mass is 10.3. The van der Waals surface area contributed by atoms with Gasteiger partial charge in [-0.25, -0.2) is 0 Å². The summed E-state index contributed by atoms with van der Waals surface area (Å²) in [5.74, 6) is 0.258. The first-order valence-electron chi connectivity index (χ1n) is 6.31. The second kappa shape index (κ2) is 7.04. The van der Waals surface area contributed by atoms with Crippen LogP contribution in [0, 0.1) is 0 Å². The highest BCUT2D eigenvalue weighted by atomic mass is 16.7. The van der Waals surface area contributed by atoms with Crippen molar-refractivity contribution in [3.05, 3.63) is 54.6 Å². The monoisotopic (exact) mass is 269 g/mol. The number of nitrogens with zero attached hydrogens (tertiary/aromatic N) is 2. The van der Waals surface area contributed by atoms with Crippen LogP contribution < -0.4 is 10.3 Å². The molecule has 1 N–H and O–H groups in total. The van der Waals surface area contributed by atoms with Crippen LogP contribution in [0.1, 0.15) is 13.3 Å². The highest BCUT2D eigenvalue weighted by molar-refractivity contribution is 5.74. The molecular weight excluding hydrogens is 254 g/mol. The molecule has 0 aliphatic heterocycles. The maximum absolute atomic E-state index is 11.2. The van der Waals surface area contributed by atoms with Gasteiger partial charge in [-0.05, 0) is 24.3 Å². The zero-order chi connectivity index (χ0) is 14.2. The smallest absolute Gasteiger partial charge is 0.252 e. The Balaban J connectivity index is 2.11. The van der Waals surface area contributed by atoms with Gasteiger partial charge in [-0.2, -0.15) is 10.6 Å². The maximum Gasteiger partial charge on any atom is 0.252 e.